The van der Waals surface area contributed by atoms with Crippen LogP contribution in [0.25, 0.3) is 22.2 Å². The van der Waals surface area contributed by atoms with E-state index in [4.69, 9.17) is 27.9 Å². The molecule has 0 bridgehead atoms. The molecule has 0 radical (unpaired) electrons. The third kappa shape index (κ3) is 4.09. The van der Waals surface area contributed by atoms with Crippen LogP contribution in [0.2, 0.25) is 10.0 Å². The summed E-state index contributed by atoms with van der Waals surface area (Å²) in [6.07, 6.45) is 2.38. The predicted molar refractivity (Wildman–Crippen MR) is 115 cm³/mol. The Kier molecular flexibility index (Phi) is 5.36. The Bertz CT molecular complexity index is 1390. The summed E-state index contributed by atoms with van der Waals surface area (Å²) < 4.78 is 43.1. The van der Waals surface area contributed by atoms with Gasteiger partial charge in [-0.25, -0.2) is 22.8 Å². The smallest absolute Gasteiger partial charge is 0.175 e. The zero-order valence-electron chi connectivity index (χ0n) is 15.4. The summed E-state index contributed by atoms with van der Waals surface area (Å²) in [5.41, 5.74) is 1.69. The number of benzene rings is 3. The lowest BCUT2D eigenvalue weighted by Gasteiger charge is -2.12. The number of rotatable bonds is 4. The molecule has 152 valence electrons. The van der Waals surface area contributed by atoms with Crippen LogP contribution in [0.15, 0.2) is 65.8 Å². The second-order valence-corrected chi connectivity index (χ2v) is 9.33. The molecule has 9 heteroatoms. The molecule has 0 fully saturated rings. The summed E-state index contributed by atoms with van der Waals surface area (Å²) in [6, 6.07) is 13.5. The third-order valence-corrected chi connectivity index (χ3v) is 6.04. The van der Waals surface area contributed by atoms with E-state index in [0.29, 0.717) is 38.0 Å². The fraction of sp³-hybridized carbons (Fsp3) is 0.0476. The molecular formula is C21H13Cl2FN2O3S. The fourth-order valence-corrected chi connectivity index (χ4v) is 4.05. The van der Waals surface area contributed by atoms with Crippen molar-refractivity contribution in [2.45, 2.75) is 4.90 Å². The normalized spacial score (nSPS) is 11.6. The number of para-hydroxylation sites is 1. The van der Waals surface area contributed by atoms with Crippen LogP contribution < -0.4 is 4.74 Å². The minimum absolute atomic E-state index is 0.0410. The number of hydrogen-bond donors (Lipinski definition) is 0. The van der Waals surface area contributed by atoms with E-state index < -0.39 is 15.7 Å². The van der Waals surface area contributed by atoms with Crippen molar-refractivity contribution in [3.63, 3.8) is 0 Å². The maximum Gasteiger partial charge on any atom is 0.175 e. The number of ether oxygens (including phenoxy) is 1. The maximum absolute atomic E-state index is 13.9. The first-order chi connectivity index (χ1) is 14.2. The fourth-order valence-electron chi connectivity index (χ4n) is 2.96. The molecule has 0 aliphatic heterocycles. The van der Waals surface area contributed by atoms with Gasteiger partial charge in [0.25, 0.3) is 0 Å². The van der Waals surface area contributed by atoms with Crippen LogP contribution in [-0.2, 0) is 9.84 Å². The van der Waals surface area contributed by atoms with Crippen molar-refractivity contribution in [1.82, 2.24) is 9.97 Å². The summed E-state index contributed by atoms with van der Waals surface area (Å²) in [5.74, 6) is -0.355. The average molecular weight is 463 g/mol. The van der Waals surface area contributed by atoms with Crippen LogP contribution in [0.4, 0.5) is 4.39 Å². The van der Waals surface area contributed by atoms with Gasteiger partial charge in [0.15, 0.2) is 9.84 Å². The van der Waals surface area contributed by atoms with Crippen LogP contribution in [0.3, 0.4) is 0 Å². The lowest BCUT2D eigenvalue weighted by Crippen LogP contribution is -1.98. The number of nitrogens with zero attached hydrogens (tertiary/aromatic N) is 2. The molecule has 0 aliphatic carbocycles. The molecule has 0 atom stereocenters. The molecule has 1 aromatic heterocycles. The van der Waals surface area contributed by atoms with Gasteiger partial charge in [0.2, 0.25) is 0 Å². The highest BCUT2D eigenvalue weighted by Gasteiger charge is 2.15. The molecule has 0 saturated heterocycles. The second-order valence-electron chi connectivity index (χ2n) is 6.50. The Labute approximate surface area is 182 Å². The first-order valence-electron chi connectivity index (χ1n) is 8.60. The molecule has 1 heterocycles. The molecule has 0 N–H and O–H groups in total. The van der Waals surface area contributed by atoms with Gasteiger partial charge in [0, 0.05) is 23.3 Å². The predicted octanol–water partition coefficient (Wildman–Crippen LogP) is 5.94. The minimum atomic E-state index is -3.60. The number of halogens is 3. The lowest BCUT2D eigenvalue weighted by atomic mass is 10.1. The Morgan fingerprint density at radius 2 is 1.73 bits per heavy atom. The highest BCUT2D eigenvalue weighted by Crippen LogP contribution is 2.36. The molecule has 0 spiro atoms. The van der Waals surface area contributed by atoms with E-state index in [2.05, 4.69) is 9.97 Å². The quantitative estimate of drug-likeness (QED) is 0.375. The van der Waals surface area contributed by atoms with E-state index >= 15 is 0 Å². The molecule has 0 unspecified atom stereocenters. The average Bonchev–Trinajstić information content (AvgIpc) is 2.68. The number of sulfone groups is 1. The molecular weight excluding hydrogens is 450 g/mol. The maximum atomic E-state index is 13.9. The van der Waals surface area contributed by atoms with E-state index in [1.165, 1.54) is 12.4 Å². The van der Waals surface area contributed by atoms with Gasteiger partial charge >= 0.3 is 0 Å². The van der Waals surface area contributed by atoms with Gasteiger partial charge in [0.1, 0.15) is 23.6 Å². The van der Waals surface area contributed by atoms with Gasteiger partial charge in [-0.05, 0) is 36.4 Å². The zero-order valence-corrected chi connectivity index (χ0v) is 17.8. The number of aromatic nitrogens is 2. The van der Waals surface area contributed by atoms with Gasteiger partial charge in [-0.1, -0.05) is 35.3 Å². The first-order valence-corrected chi connectivity index (χ1v) is 11.2. The van der Waals surface area contributed by atoms with Gasteiger partial charge in [-0.2, -0.15) is 0 Å². The minimum Gasteiger partial charge on any atom is -0.457 e. The van der Waals surface area contributed by atoms with Crippen molar-refractivity contribution in [2.24, 2.45) is 0 Å². The summed E-state index contributed by atoms with van der Waals surface area (Å²) in [6.45, 7) is 0. The molecule has 0 saturated carbocycles. The van der Waals surface area contributed by atoms with E-state index in [-0.39, 0.29) is 10.6 Å². The summed E-state index contributed by atoms with van der Waals surface area (Å²) in [7, 11) is -3.60. The van der Waals surface area contributed by atoms with Crippen LogP contribution >= 0.6 is 23.2 Å². The van der Waals surface area contributed by atoms with Crippen LogP contribution in [0.5, 0.6) is 11.5 Å². The van der Waals surface area contributed by atoms with Crippen molar-refractivity contribution in [2.75, 3.05) is 6.26 Å². The van der Waals surface area contributed by atoms with Gasteiger partial charge < -0.3 is 4.74 Å². The van der Waals surface area contributed by atoms with Crippen LogP contribution in [0, 0.1) is 5.82 Å². The lowest BCUT2D eigenvalue weighted by molar-refractivity contribution is 0.474. The van der Waals surface area contributed by atoms with Crippen molar-refractivity contribution in [3.05, 3.63) is 76.8 Å². The number of hydrogen-bond acceptors (Lipinski definition) is 5. The molecule has 0 aliphatic rings. The molecule has 3 aromatic carbocycles. The van der Waals surface area contributed by atoms with E-state index in [1.807, 2.05) is 6.07 Å². The van der Waals surface area contributed by atoms with Crippen molar-refractivity contribution >= 4 is 43.9 Å². The van der Waals surface area contributed by atoms with Gasteiger partial charge in [0.05, 0.1) is 26.2 Å². The van der Waals surface area contributed by atoms with Gasteiger partial charge in [-0.15, -0.1) is 0 Å². The SMILES string of the molecule is CS(=O)(=O)c1cc(F)cc(Oc2ccc(Cl)c(-c3ncnc4c(Cl)cccc34)c2)c1. The van der Waals surface area contributed by atoms with Crippen molar-refractivity contribution < 1.29 is 17.5 Å². The highest BCUT2D eigenvalue weighted by atomic mass is 35.5. The first kappa shape index (κ1) is 20.5. The third-order valence-electron chi connectivity index (χ3n) is 4.32. The summed E-state index contributed by atoms with van der Waals surface area (Å²) in [5, 5.41) is 1.60. The Hall–Kier alpha value is -2.74. The number of fused-ring (bicyclic) bond motifs is 1. The zero-order chi connectivity index (χ0) is 21.5. The largest absolute Gasteiger partial charge is 0.457 e. The Morgan fingerprint density at radius 3 is 2.50 bits per heavy atom. The molecule has 5 nitrogen and oxygen atoms in total. The Balaban J connectivity index is 1.80. The standard InChI is InChI=1S/C21H13Cl2FN2O3S/c1-30(27,28)15-8-12(24)7-14(9-15)29-13-5-6-18(22)17(10-13)20-16-3-2-4-19(23)21(16)26-11-25-20/h2-11H,1H3. The van der Waals surface area contributed by atoms with E-state index in [1.54, 1.807) is 30.3 Å². The molecule has 4 rings (SSSR count). The molecule has 4 aromatic rings. The summed E-state index contributed by atoms with van der Waals surface area (Å²) >= 11 is 12.6. The van der Waals surface area contributed by atoms with Crippen LogP contribution in [0.1, 0.15) is 0 Å². The second kappa shape index (κ2) is 7.83. The van der Waals surface area contributed by atoms with Crippen LogP contribution in [-0.4, -0.2) is 24.6 Å². The van der Waals surface area contributed by atoms with Crippen molar-refractivity contribution in [3.8, 4) is 22.8 Å². The van der Waals surface area contributed by atoms with Gasteiger partial charge in [-0.3, -0.25) is 0 Å². The molecule has 30 heavy (non-hydrogen) atoms. The monoisotopic (exact) mass is 462 g/mol. The highest BCUT2D eigenvalue weighted by molar-refractivity contribution is 7.90. The molecule has 0 amide bonds. The summed E-state index contributed by atoms with van der Waals surface area (Å²) in [4.78, 5) is 8.37. The topological polar surface area (TPSA) is 69.2 Å². The van der Waals surface area contributed by atoms with E-state index in [9.17, 15) is 12.8 Å². The van der Waals surface area contributed by atoms with Crippen molar-refractivity contribution in [1.29, 1.82) is 0 Å². The Morgan fingerprint density at radius 1 is 0.933 bits per heavy atom. The van der Waals surface area contributed by atoms with E-state index in [0.717, 1.165) is 18.4 Å².